The van der Waals surface area contributed by atoms with Gasteiger partial charge in [-0.2, -0.15) is 0 Å². The molecule has 0 spiro atoms. The Hall–Kier alpha value is -1.37. The molecule has 4 fully saturated rings. The highest BCUT2D eigenvalue weighted by Gasteiger charge is 2.35. The predicted octanol–water partition coefficient (Wildman–Crippen LogP) is 0.936. The van der Waals surface area contributed by atoms with E-state index in [1.54, 1.807) is 6.26 Å². The van der Waals surface area contributed by atoms with Crippen LogP contribution in [0, 0.1) is 5.92 Å². The first kappa shape index (κ1) is 15.2. The summed E-state index contributed by atoms with van der Waals surface area (Å²) in [4.78, 5) is 17.2. The van der Waals surface area contributed by atoms with E-state index < -0.39 is 0 Å². The Kier molecular flexibility index (Phi) is 4.37. The first-order valence-corrected chi connectivity index (χ1v) is 8.68. The van der Waals surface area contributed by atoms with Gasteiger partial charge in [0.05, 0.1) is 25.3 Å². The first-order chi connectivity index (χ1) is 11.3. The van der Waals surface area contributed by atoms with Gasteiger partial charge in [-0.3, -0.25) is 9.69 Å². The van der Waals surface area contributed by atoms with Crippen LogP contribution in [0.25, 0.3) is 0 Å². The van der Waals surface area contributed by atoms with E-state index in [9.17, 15) is 4.79 Å². The number of fused-ring (bicyclic) bond motifs is 3. The van der Waals surface area contributed by atoms with Crippen LogP contribution >= 0.6 is 0 Å². The lowest BCUT2D eigenvalue weighted by Gasteiger charge is -2.44. The number of furan rings is 1. The molecule has 5 heterocycles. The zero-order chi connectivity index (χ0) is 15.6. The minimum absolute atomic E-state index is 0.000674. The molecule has 0 aliphatic carbocycles. The lowest BCUT2D eigenvalue weighted by Crippen LogP contribution is -2.57. The van der Waals surface area contributed by atoms with Crippen molar-refractivity contribution in [1.82, 2.24) is 15.1 Å². The Morgan fingerprint density at radius 2 is 2.00 bits per heavy atom. The maximum Gasteiger partial charge on any atom is 0.254 e. The van der Waals surface area contributed by atoms with Gasteiger partial charge in [0.1, 0.15) is 12.0 Å². The van der Waals surface area contributed by atoms with E-state index >= 15 is 0 Å². The van der Waals surface area contributed by atoms with E-state index in [-0.39, 0.29) is 5.91 Å². The molecule has 5 rings (SSSR count). The molecule has 1 atom stereocenters. The van der Waals surface area contributed by atoms with E-state index in [1.165, 1.54) is 25.9 Å². The summed E-state index contributed by atoms with van der Waals surface area (Å²) >= 11 is 0. The fourth-order valence-corrected chi connectivity index (χ4v) is 3.94. The normalized spacial score (nSPS) is 31.2. The lowest BCUT2D eigenvalue weighted by molar-refractivity contribution is 0.0313. The van der Waals surface area contributed by atoms with Crippen molar-refractivity contribution in [1.29, 1.82) is 0 Å². The molecule has 4 saturated heterocycles. The van der Waals surface area contributed by atoms with Crippen molar-refractivity contribution in [3.05, 3.63) is 23.7 Å². The van der Waals surface area contributed by atoms with Gasteiger partial charge in [-0.05, 0) is 37.9 Å². The van der Waals surface area contributed by atoms with Gasteiger partial charge in [0.2, 0.25) is 0 Å². The van der Waals surface area contributed by atoms with Crippen molar-refractivity contribution in [2.75, 3.05) is 45.9 Å². The second-order valence-electron chi connectivity index (χ2n) is 6.91. The Morgan fingerprint density at radius 1 is 1.22 bits per heavy atom. The van der Waals surface area contributed by atoms with Gasteiger partial charge in [-0.25, -0.2) is 0 Å². The number of nitrogens with one attached hydrogen (secondary N) is 1. The van der Waals surface area contributed by atoms with Crippen molar-refractivity contribution in [2.45, 2.75) is 25.4 Å². The van der Waals surface area contributed by atoms with Crippen LogP contribution in [0.1, 0.15) is 29.0 Å². The summed E-state index contributed by atoms with van der Waals surface area (Å²) < 4.78 is 10.9. The summed E-state index contributed by atoms with van der Waals surface area (Å²) in [5.41, 5.74) is 0.643. The molecule has 6 heteroatoms. The zero-order valence-electron chi connectivity index (χ0n) is 13.5. The number of amides is 1. The van der Waals surface area contributed by atoms with Crippen LogP contribution in [0.2, 0.25) is 0 Å². The van der Waals surface area contributed by atoms with Crippen molar-refractivity contribution in [3.8, 4) is 0 Å². The highest BCUT2D eigenvalue weighted by Crippen LogP contribution is 2.27. The summed E-state index contributed by atoms with van der Waals surface area (Å²) in [6, 6.07) is 2.18. The monoisotopic (exact) mass is 319 g/mol. The molecule has 0 saturated carbocycles. The number of carbonyl (C=O) groups excluding carboxylic acids is 1. The van der Waals surface area contributed by atoms with E-state index in [2.05, 4.69) is 15.1 Å². The number of carbonyl (C=O) groups is 1. The van der Waals surface area contributed by atoms with E-state index in [0.717, 1.165) is 45.2 Å². The largest absolute Gasteiger partial charge is 0.467 e. The number of piperidine rings is 3. The summed E-state index contributed by atoms with van der Waals surface area (Å²) in [6.45, 7) is 7.50. The molecule has 0 unspecified atom stereocenters. The quantitative estimate of drug-likeness (QED) is 0.895. The Bertz CT molecular complexity index is 545. The average molecular weight is 319 g/mol. The molecule has 0 radical (unpaired) electrons. The van der Waals surface area contributed by atoms with Gasteiger partial charge in [-0.15, -0.1) is 0 Å². The van der Waals surface area contributed by atoms with Gasteiger partial charge in [-0.1, -0.05) is 0 Å². The SMILES string of the molecule is O=C(N[C@@H]1CN2CCC1CC2)c1coc(CN2CCOCC2)c1. The number of hydrogen-bond donors (Lipinski definition) is 1. The minimum atomic E-state index is 0.000674. The van der Waals surface area contributed by atoms with Crippen LogP contribution in [-0.4, -0.2) is 67.7 Å². The van der Waals surface area contributed by atoms with Crippen LogP contribution in [-0.2, 0) is 11.3 Å². The second-order valence-corrected chi connectivity index (χ2v) is 6.91. The standard InChI is InChI=1S/C17H25N3O3/c21-17(18-16-11-19-3-1-13(16)2-4-19)14-9-15(23-12-14)10-20-5-7-22-8-6-20/h9,12-13,16H,1-8,10-11H2,(H,18,21)/t16-/m1/s1. The Morgan fingerprint density at radius 3 is 2.70 bits per heavy atom. The molecule has 23 heavy (non-hydrogen) atoms. The molecule has 126 valence electrons. The summed E-state index contributed by atoms with van der Waals surface area (Å²) in [6.07, 6.45) is 4.00. The zero-order valence-corrected chi connectivity index (χ0v) is 13.5. The van der Waals surface area contributed by atoms with Gasteiger partial charge in [0.15, 0.2) is 0 Å². The molecule has 1 N–H and O–H groups in total. The molecular formula is C17H25N3O3. The minimum Gasteiger partial charge on any atom is -0.467 e. The van der Waals surface area contributed by atoms with Crippen LogP contribution in [0.3, 0.4) is 0 Å². The maximum absolute atomic E-state index is 12.5. The number of nitrogens with zero attached hydrogens (tertiary/aromatic N) is 2. The summed E-state index contributed by atoms with van der Waals surface area (Å²) in [7, 11) is 0. The fourth-order valence-electron chi connectivity index (χ4n) is 3.94. The van der Waals surface area contributed by atoms with Crippen LogP contribution in [0.5, 0.6) is 0 Å². The predicted molar refractivity (Wildman–Crippen MR) is 85.2 cm³/mol. The number of rotatable bonds is 4. The second kappa shape index (κ2) is 6.63. The number of morpholine rings is 1. The van der Waals surface area contributed by atoms with E-state index in [4.69, 9.17) is 9.15 Å². The average Bonchev–Trinajstić information content (AvgIpc) is 3.05. The number of ether oxygens (including phenoxy) is 1. The maximum atomic E-state index is 12.5. The molecule has 1 aromatic rings. The lowest BCUT2D eigenvalue weighted by atomic mass is 9.84. The molecule has 1 amide bonds. The molecular weight excluding hydrogens is 294 g/mol. The third-order valence-corrected chi connectivity index (χ3v) is 5.37. The van der Waals surface area contributed by atoms with Crippen molar-refractivity contribution < 1.29 is 13.9 Å². The molecule has 6 nitrogen and oxygen atoms in total. The third kappa shape index (κ3) is 3.44. The Balaban J connectivity index is 1.33. The van der Waals surface area contributed by atoms with Gasteiger partial charge in [0, 0.05) is 25.7 Å². The van der Waals surface area contributed by atoms with Gasteiger partial charge >= 0.3 is 0 Å². The van der Waals surface area contributed by atoms with Crippen molar-refractivity contribution in [2.24, 2.45) is 5.92 Å². The Labute approximate surface area is 136 Å². The fraction of sp³-hybridized carbons (Fsp3) is 0.706. The number of hydrogen-bond acceptors (Lipinski definition) is 5. The summed E-state index contributed by atoms with van der Waals surface area (Å²) in [5, 5.41) is 3.21. The van der Waals surface area contributed by atoms with Crippen LogP contribution in [0.15, 0.2) is 16.7 Å². The van der Waals surface area contributed by atoms with Crippen molar-refractivity contribution >= 4 is 5.91 Å². The van der Waals surface area contributed by atoms with E-state index in [1.807, 2.05) is 6.07 Å². The molecule has 1 aromatic heterocycles. The van der Waals surface area contributed by atoms with Crippen LogP contribution < -0.4 is 5.32 Å². The molecule has 0 aromatic carbocycles. The first-order valence-electron chi connectivity index (χ1n) is 8.68. The molecule has 4 aliphatic rings. The highest BCUT2D eigenvalue weighted by atomic mass is 16.5. The van der Waals surface area contributed by atoms with Gasteiger partial charge < -0.3 is 19.4 Å². The topological polar surface area (TPSA) is 58.0 Å². The summed E-state index contributed by atoms with van der Waals surface area (Å²) in [5.74, 6) is 1.50. The molecule has 4 aliphatic heterocycles. The van der Waals surface area contributed by atoms with Crippen molar-refractivity contribution in [3.63, 3.8) is 0 Å². The highest BCUT2D eigenvalue weighted by molar-refractivity contribution is 5.94. The van der Waals surface area contributed by atoms with Crippen LogP contribution in [0.4, 0.5) is 0 Å². The smallest absolute Gasteiger partial charge is 0.254 e. The molecule has 2 bridgehead atoms. The third-order valence-electron chi connectivity index (χ3n) is 5.37. The van der Waals surface area contributed by atoms with Gasteiger partial charge in [0.25, 0.3) is 5.91 Å². The van der Waals surface area contributed by atoms with E-state index in [0.29, 0.717) is 17.5 Å².